The van der Waals surface area contributed by atoms with Gasteiger partial charge in [0, 0.05) is 13.1 Å². The Labute approximate surface area is 101 Å². The fraction of sp³-hybridized carbons (Fsp3) is 0.545. The van der Waals surface area contributed by atoms with Crippen molar-refractivity contribution in [2.45, 2.75) is 30.6 Å². The van der Waals surface area contributed by atoms with Crippen LogP contribution in [-0.4, -0.2) is 26.5 Å². The second-order valence-electron chi connectivity index (χ2n) is 4.19. The van der Waals surface area contributed by atoms with Gasteiger partial charge in [-0.25, -0.2) is 4.98 Å². The Balaban J connectivity index is 2.17. The van der Waals surface area contributed by atoms with Crippen molar-refractivity contribution in [2.75, 3.05) is 18.0 Å². The molecule has 0 spiro atoms. The summed E-state index contributed by atoms with van der Waals surface area (Å²) in [6.45, 7) is 1.85. The van der Waals surface area contributed by atoms with E-state index in [1.165, 1.54) is 18.9 Å². The van der Waals surface area contributed by atoms with E-state index in [1.807, 2.05) is 0 Å². The molecular weight excluding hydrogens is 243 g/mol. The Morgan fingerprint density at radius 1 is 1.12 bits per heavy atom. The van der Waals surface area contributed by atoms with Gasteiger partial charge in [0.2, 0.25) is 0 Å². The van der Waals surface area contributed by atoms with Crippen LogP contribution in [-0.2, 0) is 10.2 Å². The number of hydrogen-bond donors (Lipinski definition) is 0. The van der Waals surface area contributed by atoms with Gasteiger partial charge in [0.25, 0.3) is 0 Å². The molecule has 1 saturated heterocycles. The van der Waals surface area contributed by atoms with E-state index in [0.29, 0.717) is 0 Å². The van der Waals surface area contributed by atoms with Crippen LogP contribution in [0.5, 0.6) is 0 Å². The van der Waals surface area contributed by atoms with Crippen molar-refractivity contribution in [2.24, 2.45) is 0 Å². The smallest absolute Gasteiger partial charge is 0.333 e. The Morgan fingerprint density at radius 2 is 1.76 bits per heavy atom. The van der Waals surface area contributed by atoms with Gasteiger partial charge in [-0.3, -0.25) is 0 Å². The van der Waals surface area contributed by atoms with Gasteiger partial charge in [0.05, 0.1) is 6.20 Å². The quantitative estimate of drug-likeness (QED) is 0.762. The number of halogens is 1. The van der Waals surface area contributed by atoms with Crippen LogP contribution in [0.4, 0.5) is 9.70 Å². The number of hydrogen-bond acceptors (Lipinski definition) is 4. The van der Waals surface area contributed by atoms with E-state index in [0.717, 1.165) is 37.9 Å². The molecule has 1 aromatic rings. The zero-order valence-corrected chi connectivity index (χ0v) is 10.3. The molecule has 17 heavy (non-hydrogen) atoms. The van der Waals surface area contributed by atoms with Crippen molar-refractivity contribution in [3.63, 3.8) is 0 Å². The first-order valence-electron chi connectivity index (χ1n) is 5.73. The zero-order valence-electron chi connectivity index (χ0n) is 9.47. The summed E-state index contributed by atoms with van der Waals surface area (Å²) in [4.78, 5) is 5.75. The van der Waals surface area contributed by atoms with E-state index < -0.39 is 10.2 Å². The number of pyridine rings is 1. The Hall–Kier alpha value is -1.17. The largest absolute Gasteiger partial charge is 0.357 e. The molecule has 0 radical (unpaired) electrons. The van der Waals surface area contributed by atoms with Crippen LogP contribution in [0.3, 0.4) is 0 Å². The third-order valence-electron chi connectivity index (χ3n) is 2.93. The van der Waals surface area contributed by atoms with Crippen molar-refractivity contribution in [1.29, 1.82) is 0 Å². The standard InChI is InChI=1S/C11H15FN2O2S/c12-17(15,16)10-5-6-11(13-9-10)14-7-3-1-2-4-8-14/h5-6,9H,1-4,7-8H2. The molecule has 0 amide bonds. The summed E-state index contributed by atoms with van der Waals surface area (Å²) in [5.74, 6) is 0.722. The van der Waals surface area contributed by atoms with Crippen LogP contribution < -0.4 is 4.90 Å². The van der Waals surface area contributed by atoms with Gasteiger partial charge >= 0.3 is 10.2 Å². The minimum atomic E-state index is -4.64. The van der Waals surface area contributed by atoms with Crippen LogP contribution in [0.15, 0.2) is 23.2 Å². The number of aromatic nitrogens is 1. The first-order valence-corrected chi connectivity index (χ1v) is 7.11. The first kappa shape index (κ1) is 12.3. The molecule has 1 aliphatic rings. The van der Waals surface area contributed by atoms with E-state index in [1.54, 1.807) is 6.07 Å². The highest BCUT2D eigenvalue weighted by Crippen LogP contribution is 2.19. The monoisotopic (exact) mass is 258 g/mol. The SMILES string of the molecule is O=S(=O)(F)c1ccc(N2CCCCCC2)nc1. The molecule has 0 bridgehead atoms. The second kappa shape index (κ2) is 5.00. The highest BCUT2D eigenvalue weighted by molar-refractivity contribution is 7.86. The second-order valence-corrected chi connectivity index (χ2v) is 5.54. The summed E-state index contributed by atoms with van der Waals surface area (Å²) < 4.78 is 34.0. The lowest BCUT2D eigenvalue weighted by molar-refractivity contribution is 0.551. The van der Waals surface area contributed by atoms with Gasteiger partial charge in [-0.15, -0.1) is 3.89 Å². The fourth-order valence-electron chi connectivity index (χ4n) is 2.00. The molecule has 0 unspecified atom stereocenters. The molecule has 0 N–H and O–H groups in total. The van der Waals surface area contributed by atoms with E-state index in [2.05, 4.69) is 9.88 Å². The molecule has 0 aliphatic carbocycles. The lowest BCUT2D eigenvalue weighted by Crippen LogP contribution is -2.24. The Morgan fingerprint density at radius 3 is 2.24 bits per heavy atom. The maximum absolute atomic E-state index is 12.7. The molecule has 6 heteroatoms. The topological polar surface area (TPSA) is 50.3 Å². The molecule has 1 fully saturated rings. The van der Waals surface area contributed by atoms with Crippen molar-refractivity contribution in [1.82, 2.24) is 4.98 Å². The lowest BCUT2D eigenvalue weighted by Gasteiger charge is -2.21. The molecule has 1 aromatic heterocycles. The molecule has 0 aromatic carbocycles. The fourth-order valence-corrected chi connectivity index (χ4v) is 2.41. The normalized spacial score (nSPS) is 17.8. The highest BCUT2D eigenvalue weighted by Gasteiger charge is 2.15. The lowest BCUT2D eigenvalue weighted by atomic mass is 10.2. The van der Waals surface area contributed by atoms with E-state index >= 15 is 0 Å². The van der Waals surface area contributed by atoms with Gasteiger partial charge in [-0.05, 0) is 25.0 Å². The number of rotatable bonds is 2. The zero-order chi connectivity index (χ0) is 12.3. The molecule has 2 rings (SSSR count). The maximum Gasteiger partial charge on any atom is 0.333 e. The van der Waals surface area contributed by atoms with E-state index in [-0.39, 0.29) is 4.90 Å². The predicted molar refractivity (Wildman–Crippen MR) is 63.2 cm³/mol. The predicted octanol–water partition coefficient (Wildman–Crippen LogP) is 2.12. The van der Waals surface area contributed by atoms with E-state index in [9.17, 15) is 12.3 Å². The van der Waals surface area contributed by atoms with Gasteiger partial charge < -0.3 is 4.90 Å². The average molecular weight is 258 g/mol. The van der Waals surface area contributed by atoms with E-state index in [4.69, 9.17) is 0 Å². The van der Waals surface area contributed by atoms with Crippen molar-refractivity contribution in [3.05, 3.63) is 18.3 Å². The summed E-state index contributed by atoms with van der Waals surface area (Å²) in [6, 6.07) is 2.83. The van der Waals surface area contributed by atoms with Gasteiger partial charge in [0.1, 0.15) is 10.7 Å². The molecule has 4 nitrogen and oxygen atoms in total. The van der Waals surface area contributed by atoms with Crippen molar-refractivity contribution < 1.29 is 12.3 Å². The Bertz CT molecular complexity index is 465. The summed E-state index contributed by atoms with van der Waals surface area (Å²) in [5.41, 5.74) is 0. The van der Waals surface area contributed by atoms with Crippen molar-refractivity contribution >= 4 is 16.0 Å². The average Bonchev–Trinajstić information content (AvgIpc) is 2.56. The van der Waals surface area contributed by atoms with Gasteiger partial charge in [0.15, 0.2) is 0 Å². The minimum Gasteiger partial charge on any atom is -0.357 e. The van der Waals surface area contributed by atoms with Crippen molar-refractivity contribution in [3.8, 4) is 0 Å². The summed E-state index contributed by atoms with van der Waals surface area (Å²) in [5, 5.41) is 0. The van der Waals surface area contributed by atoms with Crippen LogP contribution in [0.2, 0.25) is 0 Å². The summed E-state index contributed by atoms with van der Waals surface area (Å²) >= 11 is 0. The molecule has 0 atom stereocenters. The van der Waals surface area contributed by atoms with Crippen LogP contribution in [0.25, 0.3) is 0 Å². The minimum absolute atomic E-state index is 0.379. The molecule has 94 valence electrons. The number of nitrogens with zero attached hydrogens (tertiary/aromatic N) is 2. The van der Waals surface area contributed by atoms with Gasteiger partial charge in [-0.2, -0.15) is 8.42 Å². The third kappa shape index (κ3) is 3.15. The first-order chi connectivity index (χ1) is 8.07. The Kier molecular flexibility index (Phi) is 3.61. The molecule has 0 saturated carbocycles. The van der Waals surface area contributed by atoms with Gasteiger partial charge in [-0.1, -0.05) is 12.8 Å². The van der Waals surface area contributed by atoms with Crippen LogP contribution in [0.1, 0.15) is 25.7 Å². The molecule has 1 aliphatic heterocycles. The third-order valence-corrected chi connectivity index (χ3v) is 3.74. The summed E-state index contributed by atoms with van der Waals surface area (Å²) in [7, 11) is -4.64. The molecular formula is C11H15FN2O2S. The summed E-state index contributed by atoms with van der Waals surface area (Å²) in [6.07, 6.45) is 5.74. The van der Waals surface area contributed by atoms with Crippen LogP contribution >= 0.6 is 0 Å². The molecule has 2 heterocycles. The maximum atomic E-state index is 12.7. The number of anilines is 1. The van der Waals surface area contributed by atoms with Crippen LogP contribution in [0, 0.1) is 0 Å². The highest BCUT2D eigenvalue weighted by atomic mass is 32.3.